The van der Waals surface area contributed by atoms with Crippen molar-refractivity contribution in [3.8, 4) is 0 Å². The van der Waals surface area contributed by atoms with Crippen LogP contribution < -0.4 is 5.32 Å². The van der Waals surface area contributed by atoms with Crippen LogP contribution in [-0.4, -0.2) is 54.8 Å². The summed E-state index contributed by atoms with van der Waals surface area (Å²) in [6.07, 6.45) is 2.68. The van der Waals surface area contributed by atoms with E-state index < -0.39 is 6.10 Å². The summed E-state index contributed by atoms with van der Waals surface area (Å²) < 4.78 is 11.1. The van der Waals surface area contributed by atoms with Gasteiger partial charge in [-0.05, 0) is 26.8 Å². The molecule has 1 saturated heterocycles. The Hall–Kier alpha value is -1.02. The molecule has 0 bridgehead atoms. The van der Waals surface area contributed by atoms with Crippen LogP contribution in [0.3, 0.4) is 0 Å². The molecule has 6 nitrogen and oxygen atoms in total. The second kappa shape index (κ2) is 7.04. The van der Waals surface area contributed by atoms with Gasteiger partial charge in [0.05, 0.1) is 18.4 Å². The molecule has 3 heterocycles. The largest absolute Gasteiger partial charge is 0.376 e. The molecule has 0 spiro atoms. The van der Waals surface area contributed by atoms with Gasteiger partial charge < -0.3 is 14.4 Å². The fraction of sp³-hybridized carbons (Fsp3) is 0.733. The number of hydrogen-bond donors (Lipinski definition) is 1. The SMILES string of the molecule is CC(OCC1CCCO1)C(=O)Nc1nc2c(s1)CN(C)CC2. The number of rotatable bonds is 5. The van der Waals surface area contributed by atoms with Crippen molar-refractivity contribution in [3.05, 3.63) is 10.6 Å². The van der Waals surface area contributed by atoms with Gasteiger partial charge in [-0.2, -0.15) is 0 Å². The van der Waals surface area contributed by atoms with Crippen molar-refractivity contribution in [2.24, 2.45) is 0 Å². The molecule has 122 valence electrons. The van der Waals surface area contributed by atoms with Crippen molar-refractivity contribution in [1.29, 1.82) is 0 Å². The van der Waals surface area contributed by atoms with Gasteiger partial charge in [-0.25, -0.2) is 4.98 Å². The first-order valence-electron chi connectivity index (χ1n) is 7.83. The summed E-state index contributed by atoms with van der Waals surface area (Å²) in [5.74, 6) is -0.141. The van der Waals surface area contributed by atoms with Gasteiger partial charge in [0.25, 0.3) is 5.91 Å². The van der Waals surface area contributed by atoms with Gasteiger partial charge >= 0.3 is 0 Å². The molecule has 2 aliphatic rings. The minimum absolute atomic E-state index is 0.137. The first-order valence-corrected chi connectivity index (χ1v) is 8.64. The molecule has 1 N–H and O–H groups in total. The summed E-state index contributed by atoms with van der Waals surface area (Å²) in [5.41, 5.74) is 1.12. The van der Waals surface area contributed by atoms with Crippen molar-refractivity contribution in [3.63, 3.8) is 0 Å². The van der Waals surface area contributed by atoms with E-state index in [1.807, 2.05) is 0 Å². The van der Waals surface area contributed by atoms with Crippen LogP contribution in [0.25, 0.3) is 0 Å². The third-order valence-electron chi connectivity index (χ3n) is 4.08. The lowest BCUT2D eigenvalue weighted by molar-refractivity contribution is -0.128. The van der Waals surface area contributed by atoms with E-state index in [4.69, 9.17) is 9.47 Å². The molecular formula is C15H23N3O3S. The van der Waals surface area contributed by atoms with Gasteiger partial charge in [0.2, 0.25) is 0 Å². The Morgan fingerprint density at radius 2 is 2.50 bits per heavy atom. The first-order chi connectivity index (χ1) is 10.6. The lowest BCUT2D eigenvalue weighted by atomic mass is 10.2. The number of ether oxygens (including phenoxy) is 2. The Labute approximate surface area is 134 Å². The van der Waals surface area contributed by atoms with Gasteiger partial charge in [0.15, 0.2) is 5.13 Å². The quantitative estimate of drug-likeness (QED) is 0.892. The first kappa shape index (κ1) is 15.9. The summed E-state index contributed by atoms with van der Waals surface area (Å²) in [6, 6.07) is 0. The summed E-state index contributed by atoms with van der Waals surface area (Å²) in [7, 11) is 2.10. The fourth-order valence-electron chi connectivity index (χ4n) is 2.69. The van der Waals surface area contributed by atoms with Gasteiger partial charge in [0.1, 0.15) is 6.10 Å². The van der Waals surface area contributed by atoms with Crippen LogP contribution in [0.15, 0.2) is 0 Å². The van der Waals surface area contributed by atoms with E-state index in [0.717, 1.165) is 44.7 Å². The number of nitrogens with zero attached hydrogens (tertiary/aromatic N) is 2. The number of thiazole rings is 1. The van der Waals surface area contributed by atoms with Crippen LogP contribution >= 0.6 is 11.3 Å². The summed E-state index contributed by atoms with van der Waals surface area (Å²) in [4.78, 5) is 20.2. The number of aromatic nitrogens is 1. The number of nitrogens with one attached hydrogen (secondary N) is 1. The van der Waals surface area contributed by atoms with Gasteiger partial charge in [0, 0.05) is 31.0 Å². The van der Waals surface area contributed by atoms with Crippen LogP contribution in [0.4, 0.5) is 5.13 Å². The molecule has 0 saturated carbocycles. The number of carbonyl (C=O) groups is 1. The zero-order chi connectivity index (χ0) is 15.5. The molecule has 2 unspecified atom stereocenters. The van der Waals surface area contributed by atoms with Crippen molar-refractivity contribution in [1.82, 2.24) is 9.88 Å². The van der Waals surface area contributed by atoms with Gasteiger partial charge in [-0.3, -0.25) is 10.1 Å². The summed E-state index contributed by atoms with van der Waals surface area (Å²) >= 11 is 1.56. The Bertz CT molecular complexity index is 528. The summed E-state index contributed by atoms with van der Waals surface area (Å²) in [5, 5.41) is 3.55. The highest BCUT2D eigenvalue weighted by Gasteiger charge is 2.22. The standard InChI is InChI=1S/C15H23N3O3S/c1-10(21-9-11-4-3-7-20-11)14(19)17-15-16-12-5-6-18(2)8-13(12)22-15/h10-11H,3-9H2,1-2H3,(H,16,17,19). The maximum atomic E-state index is 12.2. The van der Waals surface area contributed by atoms with Crippen LogP contribution in [-0.2, 0) is 27.2 Å². The highest BCUT2D eigenvalue weighted by Crippen LogP contribution is 2.27. The highest BCUT2D eigenvalue weighted by atomic mass is 32.1. The highest BCUT2D eigenvalue weighted by molar-refractivity contribution is 7.15. The van der Waals surface area contributed by atoms with Crippen LogP contribution in [0.1, 0.15) is 30.3 Å². The third kappa shape index (κ3) is 3.84. The third-order valence-corrected chi connectivity index (χ3v) is 5.08. The predicted octanol–water partition coefficient (Wildman–Crippen LogP) is 1.65. The summed E-state index contributed by atoms with van der Waals surface area (Å²) in [6.45, 7) is 4.98. The second-order valence-corrected chi connectivity index (χ2v) is 7.06. The van der Waals surface area contributed by atoms with Crippen LogP contribution in [0, 0.1) is 0 Å². The van der Waals surface area contributed by atoms with E-state index in [-0.39, 0.29) is 12.0 Å². The van der Waals surface area contributed by atoms with Crippen molar-refractivity contribution >= 4 is 22.4 Å². The molecule has 1 aromatic rings. The molecule has 1 fully saturated rings. The minimum Gasteiger partial charge on any atom is -0.376 e. The normalized spacial score (nSPS) is 23.3. The van der Waals surface area contributed by atoms with Crippen LogP contribution in [0.5, 0.6) is 0 Å². The molecule has 0 aliphatic carbocycles. The molecule has 1 aromatic heterocycles. The molecule has 1 amide bonds. The number of anilines is 1. The number of hydrogen-bond acceptors (Lipinski definition) is 6. The monoisotopic (exact) mass is 325 g/mol. The van der Waals surface area contributed by atoms with Crippen molar-refractivity contribution < 1.29 is 14.3 Å². The predicted molar refractivity (Wildman–Crippen MR) is 85.2 cm³/mol. The van der Waals surface area contributed by atoms with Crippen LogP contribution in [0.2, 0.25) is 0 Å². The molecule has 2 atom stereocenters. The van der Waals surface area contributed by atoms with E-state index in [0.29, 0.717) is 11.7 Å². The molecule has 0 radical (unpaired) electrons. The van der Waals surface area contributed by atoms with Gasteiger partial charge in [-0.1, -0.05) is 0 Å². The molecular weight excluding hydrogens is 302 g/mol. The molecule has 7 heteroatoms. The maximum Gasteiger partial charge on any atom is 0.254 e. The molecule has 22 heavy (non-hydrogen) atoms. The zero-order valence-corrected chi connectivity index (χ0v) is 13.9. The van der Waals surface area contributed by atoms with Crippen molar-refractivity contribution in [2.75, 3.05) is 32.1 Å². The van der Waals surface area contributed by atoms with E-state index in [1.165, 1.54) is 4.88 Å². The molecule has 2 aliphatic heterocycles. The molecule has 0 aromatic carbocycles. The number of carbonyl (C=O) groups excluding carboxylic acids is 1. The van der Waals surface area contributed by atoms with E-state index in [2.05, 4.69) is 22.2 Å². The number of amides is 1. The minimum atomic E-state index is -0.493. The van der Waals surface area contributed by atoms with E-state index in [9.17, 15) is 4.79 Å². The lowest BCUT2D eigenvalue weighted by Crippen LogP contribution is -2.30. The second-order valence-electron chi connectivity index (χ2n) is 5.98. The maximum absolute atomic E-state index is 12.2. The average Bonchev–Trinajstić information content (AvgIpc) is 3.12. The molecule has 3 rings (SSSR count). The number of fused-ring (bicyclic) bond motifs is 1. The Balaban J connectivity index is 1.50. The van der Waals surface area contributed by atoms with Gasteiger partial charge in [-0.15, -0.1) is 11.3 Å². The van der Waals surface area contributed by atoms with E-state index in [1.54, 1.807) is 18.3 Å². The Morgan fingerprint density at radius 1 is 1.64 bits per heavy atom. The topological polar surface area (TPSA) is 63.7 Å². The zero-order valence-electron chi connectivity index (χ0n) is 13.1. The smallest absolute Gasteiger partial charge is 0.254 e. The lowest BCUT2D eigenvalue weighted by Gasteiger charge is -2.20. The Morgan fingerprint density at radius 3 is 3.27 bits per heavy atom. The Kier molecular flexibility index (Phi) is 5.07. The number of likely N-dealkylation sites (N-methyl/N-ethyl adjacent to an activating group) is 1. The van der Waals surface area contributed by atoms with Crippen molar-refractivity contribution in [2.45, 2.75) is 44.9 Å². The fourth-order valence-corrected chi connectivity index (χ4v) is 3.78. The average molecular weight is 325 g/mol. The van der Waals surface area contributed by atoms with E-state index >= 15 is 0 Å².